The molecule has 2 aromatic carbocycles. The average Bonchev–Trinajstić information content (AvgIpc) is 2.80. The number of fused-ring (bicyclic) bond motifs is 1. The maximum absolute atomic E-state index is 14.4. The fourth-order valence-corrected chi connectivity index (χ4v) is 3.35. The molecule has 1 aliphatic rings. The van der Waals surface area contributed by atoms with E-state index in [4.69, 9.17) is 18.9 Å². The van der Waals surface area contributed by atoms with Crippen LogP contribution in [0.1, 0.15) is 0 Å². The van der Waals surface area contributed by atoms with Crippen LogP contribution in [0.5, 0.6) is 23.1 Å². The van der Waals surface area contributed by atoms with Gasteiger partial charge in [0.15, 0.2) is 23.1 Å². The van der Waals surface area contributed by atoms with Gasteiger partial charge in [0.2, 0.25) is 5.88 Å². The lowest BCUT2D eigenvalue weighted by molar-refractivity contribution is 0.0321. The summed E-state index contributed by atoms with van der Waals surface area (Å²) in [6.45, 7) is 4.61. The van der Waals surface area contributed by atoms with Crippen LogP contribution in [0.25, 0.3) is 10.9 Å². The molecule has 1 aromatic heterocycles. The number of nitrogens with zero attached hydrogens (tertiary/aromatic N) is 3. The molecule has 1 N–H and O–H groups in total. The summed E-state index contributed by atoms with van der Waals surface area (Å²) < 4.78 is 36.9. The van der Waals surface area contributed by atoms with Gasteiger partial charge in [-0.1, -0.05) is 0 Å². The van der Waals surface area contributed by atoms with Crippen LogP contribution in [0, 0.1) is 5.82 Å². The lowest BCUT2D eigenvalue weighted by atomic mass is 10.2. The first-order valence-electron chi connectivity index (χ1n) is 10.1. The van der Waals surface area contributed by atoms with E-state index in [1.54, 1.807) is 38.4 Å². The molecule has 9 heteroatoms. The van der Waals surface area contributed by atoms with Gasteiger partial charge in [0.1, 0.15) is 12.9 Å². The van der Waals surface area contributed by atoms with Crippen molar-refractivity contribution in [1.29, 1.82) is 0 Å². The fraction of sp³-hybridized carbons (Fsp3) is 0.364. The average molecular weight is 428 g/mol. The van der Waals surface area contributed by atoms with Crippen LogP contribution in [0.4, 0.5) is 10.1 Å². The van der Waals surface area contributed by atoms with Crippen LogP contribution in [-0.2, 0) is 4.74 Å². The highest BCUT2D eigenvalue weighted by molar-refractivity contribution is 5.87. The molecule has 1 fully saturated rings. The number of aromatic nitrogens is 2. The molecule has 0 bridgehead atoms. The van der Waals surface area contributed by atoms with Crippen molar-refractivity contribution in [2.24, 2.45) is 0 Å². The number of hydrogen-bond donors (Lipinski definition) is 1. The Bertz CT molecular complexity index is 1040. The Morgan fingerprint density at radius 2 is 1.94 bits per heavy atom. The van der Waals surface area contributed by atoms with Crippen molar-refractivity contribution >= 4 is 16.6 Å². The molecule has 0 saturated carbocycles. The van der Waals surface area contributed by atoms with Gasteiger partial charge in [-0.25, -0.2) is 14.4 Å². The number of anilines is 1. The Morgan fingerprint density at radius 1 is 1.10 bits per heavy atom. The topological polar surface area (TPSA) is 78.0 Å². The highest BCUT2D eigenvalue weighted by Crippen LogP contribution is 2.36. The van der Waals surface area contributed by atoms with E-state index in [2.05, 4.69) is 20.2 Å². The van der Waals surface area contributed by atoms with E-state index in [-0.39, 0.29) is 11.6 Å². The smallest absolute Gasteiger partial charge is 0.230 e. The number of morpholine rings is 1. The number of hydrogen-bond acceptors (Lipinski definition) is 8. The minimum Gasteiger partial charge on any atom is -0.493 e. The SMILES string of the molecule is CNc1ccc(Oc2ncnc3cc(OCCN4CCOCC4)c(OC)cc23)c(F)c1. The van der Waals surface area contributed by atoms with E-state index in [0.29, 0.717) is 34.7 Å². The third-order valence-corrected chi connectivity index (χ3v) is 5.08. The third kappa shape index (κ3) is 4.95. The second-order valence-electron chi connectivity index (χ2n) is 7.00. The van der Waals surface area contributed by atoms with Gasteiger partial charge < -0.3 is 24.3 Å². The van der Waals surface area contributed by atoms with Crippen molar-refractivity contribution in [3.8, 4) is 23.1 Å². The van der Waals surface area contributed by atoms with Gasteiger partial charge in [-0.05, 0) is 18.2 Å². The number of methoxy groups -OCH3 is 1. The lowest BCUT2D eigenvalue weighted by Crippen LogP contribution is -2.38. The minimum atomic E-state index is -0.492. The van der Waals surface area contributed by atoms with Crippen LogP contribution in [-0.4, -0.2) is 68.5 Å². The van der Waals surface area contributed by atoms with Crippen LogP contribution in [0.3, 0.4) is 0 Å². The molecule has 2 heterocycles. The summed E-state index contributed by atoms with van der Waals surface area (Å²) in [6, 6.07) is 8.16. The van der Waals surface area contributed by atoms with Crippen LogP contribution in [0.15, 0.2) is 36.7 Å². The maximum Gasteiger partial charge on any atom is 0.230 e. The maximum atomic E-state index is 14.4. The molecule has 0 amide bonds. The minimum absolute atomic E-state index is 0.0730. The van der Waals surface area contributed by atoms with Crippen LogP contribution < -0.4 is 19.5 Å². The number of benzene rings is 2. The standard InChI is InChI=1S/C22H25FN4O4/c1-24-15-3-4-19(17(23)11-15)31-22-16-12-20(28-2)21(13-18(16)25-14-26-22)30-10-7-27-5-8-29-9-6-27/h3-4,11-14,24H,5-10H2,1-2H3. The number of rotatable bonds is 8. The number of nitrogens with one attached hydrogen (secondary N) is 1. The van der Waals surface area contributed by atoms with E-state index in [1.807, 2.05) is 0 Å². The molecule has 1 saturated heterocycles. The molecule has 0 unspecified atom stereocenters. The number of halogens is 1. The van der Waals surface area contributed by atoms with Gasteiger partial charge in [-0.15, -0.1) is 0 Å². The lowest BCUT2D eigenvalue weighted by Gasteiger charge is -2.26. The molecule has 1 aliphatic heterocycles. The molecule has 0 radical (unpaired) electrons. The van der Waals surface area contributed by atoms with Gasteiger partial charge >= 0.3 is 0 Å². The molecule has 0 atom stereocenters. The molecule has 8 nitrogen and oxygen atoms in total. The summed E-state index contributed by atoms with van der Waals surface area (Å²) in [5.41, 5.74) is 1.26. The van der Waals surface area contributed by atoms with E-state index in [0.717, 1.165) is 32.8 Å². The molecule has 4 rings (SSSR count). The fourth-order valence-electron chi connectivity index (χ4n) is 3.35. The van der Waals surface area contributed by atoms with Gasteiger partial charge in [-0.3, -0.25) is 4.90 Å². The van der Waals surface area contributed by atoms with Crippen molar-refractivity contribution < 1.29 is 23.3 Å². The summed E-state index contributed by atoms with van der Waals surface area (Å²) in [6.07, 6.45) is 1.38. The summed E-state index contributed by atoms with van der Waals surface area (Å²) in [5, 5.41) is 3.48. The molecule has 0 spiro atoms. The second-order valence-corrected chi connectivity index (χ2v) is 7.00. The summed E-state index contributed by atoms with van der Waals surface area (Å²) in [7, 11) is 3.29. The zero-order valence-electron chi connectivity index (χ0n) is 17.6. The van der Waals surface area contributed by atoms with E-state index in [9.17, 15) is 4.39 Å². The Hall–Kier alpha value is -3.17. The Morgan fingerprint density at radius 3 is 2.68 bits per heavy atom. The first-order chi connectivity index (χ1) is 15.2. The van der Waals surface area contributed by atoms with E-state index < -0.39 is 5.82 Å². The third-order valence-electron chi connectivity index (χ3n) is 5.08. The van der Waals surface area contributed by atoms with E-state index in [1.165, 1.54) is 12.4 Å². The molecule has 3 aromatic rings. The van der Waals surface area contributed by atoms with Crippen LogP contribution >= 0.6 is 0 Å². The van der Waals surface area contributed by atoms with E-state index >= 15 is 0 Å². The predicted octanol–water partition coefficient (Wildman–Crippen LogP) is 3.32. The quantitative estimate of drug-likeness (QED) is 0.586. The Labute approximate surface area is 179 Å². The van der Waals surface area contributed by atoms with Crippen LogP contribution in [0.2, 0.25) is 0 Å². The largest absolute Gasteiger partial charge is 0.493 e. The number of ether oxygens (including phenoxy) is 4. The monoisotopic (exact) mass is 428 g/mol. The van der Waals surface area contributed by atoms with Crippen molar-refractivity contribution in [1.82, 2.24) is 14.9 Å². The molecule has 31 heavy (non-hydrogen) atoms. The molecular formula is C22H25FN4O4. The summed E-state index contributed by atoms with van der Waals surface area (Å²) in [5.74, 6) is 0.925. The molecule has 164 valence electrons. The Balaban J connectivity index is 1.55. The molecular weight excluding hydrogens is 403 g/mol. The normalized spacial score (nSPS) is 14.4. The van der Waals surface area contributed by atoms with Gasteiger partial charge in [0, 0.05) is 44.5 Å². The highest BCUT2D eigenvalue weighted by atomic mass is 19.1. The van der Waals surface area contributed by atoms with Crippen molar-refractivity contribution in [2.75, 3.05) is 58.9 Å². The zero-order valence-corrected chi connectivity index (χ0v) is 17.6. The van der Waals surface area contributed by atoms with Gasteiger partial charge in [-0.2, -0.15) is 0 Å². The Kier molecular flexibility index (Phi) is 6.63. The molecule has 0 aliphatic carbocycles. The van der Waals surface area contributed by atoms with Gasteiger partial charge in [0.05, 0.1) is 31.2 Å². The van der Waals surface area contributed by atoms with Crippen molar-refractivity contribution in [3.63, 3.8) is 0 Å². The zero-order chi connectivity index (χ0) is 21.6. The first kappa shape index (κ1) is 21.1. The van der Waals surface area contributed by atoms with Crippen molar-refractivity contribution in [3.05, 3.63) is 42.5 Å². The van der Waals surface area contributed by atoms with Crippen molar-refractivity contribution in [2.45, 2.75) is 0 Å². The highest BCUT2D eigenvalue weighted by Gasteiger charge is 2.16. The summed E-state index contributed by atoms with van der Waals surface area (Å²) in [4.78, 5) is 10.8. The predicted molar refractivity (Wildman–Crippen MR) is 115 cm³/mol. The second kappa shape index (κ2) is 9.76. The van der Waals surface area contributed by atoms with Gasteiger partial charge in [0.25, 0.3) is 0 Å². The first-order valence-corrected chi connectivity index (χ1v) is 10.1. The summed E-state index contributed by atoms with van der Waals surface area (Å²) >= 11 is 0.